The maximum Gasteiger partial charge on any atom is 0.344 e. The van der Waals surface area contributed by atoms with Gasteiger partial charge in [0, 0.05) is 100 Å². The molecule has 0 bridgehead atoms. The molecule has 17 nitrogen and oxygen atoms in total. The van der Waals surface area contributed by atoms with E-state index in [1.54, 1.807) is 18.3 Å². The number of alkyl halides is 1. The highest BCUT2D eigenvalue weighted by Crippen LogP contribution is 2.29. The van der Waals surface area contributed by atoms with Gasteiger partial charge in [0.25, 0.3) is 0 Å². The van der Waals surface area contributed by atoms with E-state index >= 15 is 0 Å². The van der Waals surface area contributed by atoms with Crippen molar-refractivity contribution in [1.82, 2.24) is 43.9 Å². The fourth-order valence-electron chi connectivity index (χ4n) is 9.80. The molecule has 20 heteroatoms. The van der Waals surface area contributed by atoms with Crippen molar-refractivity contribution in [2.24, 2.45) is 0 Å². The summed E-state index contributed by atoms with van der Waals surface area (Å²) in [5.41, 5.74) is 9.90. The van der Waals surface area contributed by atoms with Gasteiger partial charge in [-0.2, -0.15) is 0 Å². The number of piperazine rings is 2. The highest BCUT2D eigenvalue weighted by Gasteiger charge is 2.18. The number of likely N-dealkylation sites (N-methyl/N-ethyl adjacent to an activating group) is 2. The van der Waals surface area contributed by atoms with Crippen molar-refractivity contribution in [3.05, 3.63) is 204 Å². The number of hydrogen-bond acceptors (Lipinski definition) is 15. The Labute approximate surface area is 491 Å². The lowest BCUT2D eigenvalue weighted by atomic mass is 10.1. The standard InChI is InChI=1S/C23H24N4O2.C18H13FN2O2.C11H6BrFO3.C7H10N2.C5H12N2/c1-15-13-27-14-18(10-21(27)16(2)24-15)22-11-17-4-5-19(12-20(17)23(28)29-22)26-8-6-25(3)7-9-26;1-10-8-21-9-13(5-16(21)11(2)20-10)17-6-12-3-4-14(19)7-15(12)18(22)23-17;12-5-9(14)10-3-6-1-2-7(13)4-8(6)11(15)16-10;1-5-4-8-6(2)7(3)9-5;1-7-4-2-6-3-5-7/h4-5,10-14H,6-9H2,1-3H3;3-9H,1-2H3;1-4H,5H2;4H,1-3H3;6H,2-5H2,1H3. The van der Waals surface area contributed by atoms with E-state index in [0.29, 0.717) is 27.7 Å². The van der Waals surface area contributed by atoms with E-state index in [0.717, 1.165) is 118 Å². The molecule has 2 aliphatic heterocycles. The van der Waals surface area contributed by atoms with Gasteiger partial charge in [-0.05, 0) is 145 Å². The average Bonchev–Trinajstić information content (AvgIpc) is 4.32. The number of Topliss-reactive ketones (excluding diaryl/α,β-unsaturated/α-hetero) is 1. The lowest BCUT2D eigenvalue weighted by Gasteiger charge is -2.34. The molecule has 0 amide bonds. The van der Waals surface area contributed by atoms with E-state index in [4.69, 9.17) is 13.3 Å². The predicted octanol–water partition coefficient (Wildman–Crippen LogP) is 10.8. The maximum absolute atomic E-state index is 13.3. The third-order valence-corrected chi connectivity index (χ3v) is 15.0. The molecule has 0 atom stereocenters. The van der Waals surface area contributed by atoms with E-state index in [1.165, 1.54) is 43.4 Å². The zero-order chi connectivity index (χ0) is 59.9. The Morgan fingerprint density at radius 1 is 0.536 bits per heavy atom. The molecule has 0 saturated carbocycles. The molecule has 1 N–H and O–H groups in total. The average molecular weight is 1200 g/mol. The van der Waals surface area contributed by atoms with Crippen molar-refractivity contribution >= 4 is 70.8 Å². The second-order valence-electron chi connectivity index (χ2n) is 21.0. The van der Waals surface area contributed by atoms with Crippen LogP contribution >= 0.6 is 15.9 Å². The molecule has 0 spiro atoms. The number of aryl methyl sites for hydroxylation is 7. The molecule has 10 heterocycles. The highest BCUT2D eigenvalue weighted by molar-refractivity contribution is 9.09. The van der Waals surface area contributed by atoms with Crippen molar-refractivity contribution in [2.45, 2.75) is 48.5 Å². The van der Waals surface area contributed by atoms with Crippen LogP contribution in [0.1, 0.15) is 50.4 Å². The SMILES string of the molecule is CN1CCNCC1.Cc1cn2cc(-c3cc4ccc(F)cc4c(=O)o3)cc2c(C)n1.Cc1cn2cc(-c3cc4ccc(N5CCN(C)CC5)cc4c(=O)o3)cc2c(C)n1.Cc1cnc(C)c(C)n1.O=C(CBr)c1cc2ccc(F)cc2c(=O)o1. The van der Waals surface area contributed by atoms with Gasteiger partial charge < -0.3 is 42.1 Å². The van der Waals surface area contributed by atoms with Crippen LogP contribution in [0.2, 0.25) is 0 Å². The van der Waals surface area contributed by atoms with Crippen LogP contribution in [0.15, 0.2) is 144 Å². The summed E-state index contributed by atoms with van der Waals surface area (Å²) < 4.78 is 46.0. The van der Waals surface area contributed by atoms with Gasteiger partial charge >= 0.3 is 16.9 Å². The first-order valence-electron chi connectivity index (χ1n) is 27.4. The van der Waals surface area contributed by atoms with Gasteiger partial charge in [0.05, 0.1) is 72.4 Å². The van der Waals surface area contributed by atoms with Crippen LogP contribution in [0.3, 0.4) is 0 Å². The van der Waals surface area contributed by atoms with Gasteiger partial charge in [-0.25, -0.2) is 23.2 Å². The molecule has 2 fully saturated rings. The van der Waals surface area contributed by atoms with Crippen LogP contribution in [0.5, 0.6) is 0 Å². The van der Waals surface area contributed by atoms with Crippen molar-refractivity contribution in [3.8, 4) is 22.6 Å². The normalized spacial score (nSPS) is 13.6. The largest absolute Gasteiger partial charge is 0.422 e. The van der Waals surface area contributed by atoms with E-state index in [-0.39, 0.29) is 33.3 Å². The number of carbonyl (C=O) groups is 1. The summed E-state index contributed by atoms with van der Waals surface area (Å²) in [7, 11) is 4.29. The van der Waals surface area contributed by atoms with Gasteiger partial charge in [-0.1, -0.05) is 34.1 Å². The molecular formula is C64H65BrF2N10O7. The van der Waals surface area contributed by atoms with Crippen molar-refractivity contribution in [2.75, 3.05) is 76.7 Å². The summed E-state index contributed by atoms with van der Waals surface area (Å²) in [4.78, 5) is 71.9. The number of nitrogens with one attached hydrogen (secondary N) is 1. The minimum atomic E-state index is -0.707. The molecule has 0 aliphatic carbocycles. The van der Waals surface area contributed by atoms with Crippen LogP contribution in [0.25, 0.3) is 66.0 Å². The molecule has 2 saturated heterocycles. The van der Waals surface area contributed by atoms with Crippen LogP contribution in [0.4, 0.5) is 14.5 Å². The molecule has 84 heavy (non-hydrogen) atoms. The van der Waals surface area contributed by atoms with E-state index < -0.39 is 22.9 Å². The van der Waals surface area contributed by atoms with Crippen LogP contribution in [-0.2, 0) is 0 Å². The van der Waals surface area contributed by atoms with Gasteiger partial charge in [0.15, 0.2) is 5.76 Å². The van der Waals surface area contributed by atoms with E-state index in [2.05, 4.69) is 76.0 Å². The molecule has 2 aliphatic rings. The zero-order valence-electron chi connectivity index (χ0n) is 48.4. The number of ketones is 1. The summed E-state index contributed by atoms with van der Waals surface area (Å²) in [5, 5.41) is 6.38. The highest BCUT2D eigenvalue weighted by atomic mass is 79.9. The summed E-state index contributed by atoms with van der Waals surface area (Å²) in [5.74, 6) is -0.293. The minimum Gasteiger partial charge on any atom is -0.422 e. The number of hydrogen-bond donors (Lipinski definition) is 1. The van der Waals surface area contributed by atoms with Crippen molar-refractivity contribution < 1.29 is 26.8 Å². The molecule has 8 aromatic heterocycles. The summed E-state index contributed by atoms with van der Waals surface area (Å²) in [6.07, 6.45) is 9.56. The molecule has 434 valence electrons. The predicted molar refractivity (Wildman–Crippen MR) is 329 cm³/mol. The fraction of sp³-hybridized carbons (Fsp3) is 0.281. The Hall–Kier alpha value is -8.56. The van der Waals surface area contributed by atoms with Crippen molar-refractivity contribution in [3.63, 3.8) is 0 Å². The molecule has 0 radical (unpaired) electrons. The first-order valence-corrected chi connectivity index (χ1v) is 28.5. The number of halogens is 3. The van der Waals surface area contributed by atoms with E-state index in [9.17, 15) is 28.0 Å². The molecule has 13 rings (SSSR count). The van der Waals surface area contributed by atoms with Gasteiger partial charge in [-0.15, -0.1) is 0 Å². The number of benzene rings is 3. The maximum atomic E-state index is 13.3. The molecule has 0 unspecified atom stereocenters. The second kappa shape index (κ2) is 26.3. The smallest absolute Gasteiger partial charge is 0.344 e. The minimum absolute atomic E-state index is 0.0269. The number of aromatic nitrogens is 6. The Bertz CT molecular complexity index is 4410. The first kappa shape index (κ1) is 60.0. The van der Waals surface area contributed by atoms with Crippen molar-refractivity contribution in [1.29, 1.82) is 0 Å². The molecule has 3 aromatic carbocycles. The number of carbonyl (C=O) groups excluding carboxylic acids is 1. The number of anilines is 1. The third kappa shape index (κ3) is 14.4. The molecule has 11 aromatic rings. The topological polar surface area (TPSA) is 190 Å². The van der Waals surface area contributed by atoms with Gasteiger partial charge in [0.1, 0.15) is 23.2 Å². The monoisotopic (exact) mass is 1200 g/mol. The Kier molecular flexibility index (Phi) is 18.8. The fourth-order valence-corrected chi connectivity index (χ4v) is 10.1. The second-order valence-corrected chi connectivity index (χ2v) is 21.6. The molecular weight excluding hydrogens is 1140 g/mol. The summed E-state index contributed by atoms with van der Waals surface area (Å²) >= 11 is 2.98. The number of rotatable bonds is 5. The van der Waals surface area contributed by atoms with Crippen LogP contribution in [-0.4, -0.2) is 116 Å². The Balaban J connectivity index is 0.000000137. The zero-order valence-corrected chi connectivity index (χ0v) is 49.9. The van der Waals surface area contributed by atoms with Gasteiger partial charge in [-0.3, -0.25) is 24.7 Å². The number of nitrogens with zero attached hydrogens (tertiary/aromatic N) is 9. The Morgan fingerprint density at radius 2 is 1.00 bits per heavy atom. The summed E-state index contributed by atoms with van der Waals surface area (Å²) in [6, 6.07) is 23.0. The van der Waals surface area contributed by atoms with Gasteiger partial charge in [0.2, 0.25) is 5.78 Å². The lowest BCUT2D eigenvalue weighted by molar-refractivity contribution is 0.0989. The Morgan fingerprint density at radius 3 is 1.48 bits per heavy atom. The third-order valence-electron chi connectivity index (χ3n) is 14.5. The first-order chi connectivity index (χ1) is 40.2. The van der Waals surface area contributed by atoms with E-state index in [1.807, 2.05) is 112 Å². The summed E-state index contributed by atoms with van der Waals surface area (Å²) in [6.45, 7) is 22.4. The quantitative estimate of drug-likeness (QED) is 0.126. The van der Waals surface area contributed by atoms with Crippen LogP contribution in [0, 0.1) is 60.1 Å². The number of fused-ring (bicyclic) bond motifs is 5. The van der Waals surface area contributed by atoms with Crippen LogP contribution < -0.4 is 27.1 Å². The lowest BCUT2D eigenvalue weighted by Crippen LogP contribution is -2.44.